The van der Waals surface area contributed by atoms with E-state index in [4.69, 9.17) is 0 Å². The van der Waals surface area contributed by atoms with Crippen LogP contribution in [0.5, 0.6) is 0 Å². The van der Waals surface area contributed by atoms with Gasteiger partial charge in [0.1, 0.15) is 5.82 Å². The quantitative estimate of drug-likeness (QED) is 0.568. The van der Waals surface area contributed by atoms with Crippen LogP contribution in [0.3, 0.4) is 0 Å². The van der Waals surface area contributed by atoms with E-state index in [0.29, 0.717) is 18.7 Å². The van der Waals surface area contributed by atoms with E-state index in [1.54, 1.807) is 18.5 Å². The first-order chi connectivity index (χ1) is 11.6. The molecule has 10 heteroatoms. The number of aliphatic imine (C=N–C) groups is 2. The summed E-state index contributed by atoms with van der Waals surface area (Å²) < 4.78 is 40.5. The second-order valence-corrected chi connectivity index (χ2v) is 6.06. The Morgan fingerprint density at radius 2 is 2.20 bits per heavy atom. The normalized spacial score (nSPS) is 21.6. The topological polar surface area (TPSA) is 86.8 Å². The van der Waals surface area contributed by atoms with Gasteiger partial charge in [-0.05, 0) is 27.5 Å². The first-order valence-corrected chi connectivity index (χ1v) is 7.69. The van der Waals surface area contributed by atoms with Crippen molar-refractivity contribution in [2.45, 2.75) is 45.5 Å². The number of nitrogens with zero attached hydrogens (tertiary/aromatic N) is 4. The zero-order valence-electron chi connectivity index (χ0n) is 14.3. The fourth-order valence-corrected chi connectivity index (χ4v) is 2.46. The molecular weight excluding hydrogens is 337 g/mol. The summed E-state index contributed by atoms with van der Waals surface area (Å²) in [7, 11) is 0. The van der Waals surface area contributed by atoms with Gasteiger partial charge in [0, 0.05) is 13.0 Å². The van der Waals surface area contributed by atoms with Crippen LogP contribution in [-0.4, -0.2) is 45.9 Å². The fourth-order valence-electron chi connectivity index (χ4n) is 2.46. The van der Waals surface area contributed by atoms with Gasteiger partial charge >= 0.3 is 6.18 Å². The molecule has 0 aliphatic carbocycles. The number of halogens is 3. The summed E-state index contributed by atoms with van der Waals surface area (Å²) in [6.45, 7) is 8.25. The van der Waals surface area contributed by atoms with Crippen molar-refractivity contribution in [3.8, 4) is 0 Å². The van der Waals surface area contributed by atoms with Gasteiger partial charge in [0.2, 0.25) is 5.96 Å². The van der Waals surface area contributed by atoms with E-state index in [-0.39, 0.29) is 18.3 Å². The van der Waals surface area contributed by atoms with Crippen molar-refractivity contribution < 1.29 is 18.3 Å². The van der Waals surface area contributed by atoms with Crippen LogP contribution in [0, 0.1) is 0 Å². The van der Waals surface area contributed by atoms with Gasteiger partial charge in [-0.25, -0.2) is 4.99 Å². The molecule has 1 aliphatic rings. The third kappa shape index (κ3) is 4.38. The van der Waals surface area contributed by atoms with E-state index in [0.717, 1.165) is 12.6 Å². The van der Waals surface area contributed by atoms with Gasteiger partial charge in [-0.3, -0.25) is 4.68 Å². The number of hydrogen-bond donors (Lipinski definition) is 3. The lowest BCUT2D eigenvalue weighted by molar-refractivity contribution is -0.0925. The van der Waals surface area contributed by atoms with E-state index in [2.05, 4.69) is 32.4 Å². The van der Waals surface area contributed by atoms with Crippen molar-refractivity contribution in [3.05, 3.63) is 23.3 Å². The standard InChI is InChI=1S/C15H21F3N6O/c1-5-20-12(9(2)15(16,17)18)23-13(19-4)22-10-7-21-24-8-14(3,25)6-11(10)24/h7,20,25H,4-6,8H2,1-3H3,(H,22,23)/b12-9+. The van der Waals surface area contributed by atoms with Crippen LogP contribution >= 0.6 is 0 Å². The molecule has 0 saturated carbocycles. The number of allylic oxidation sites excluding steroid dienone is 1. The predicted molar refractivity (Wildman–Crippen MR) is 89.6 cm³/mol. The lowest BCUT2D eigenvalue weighted by atomic mass is 10.0. The van der Waals surface area contributed by atoms with Gasteiger partial charge in [0.15, 0.2) is 0 Å². The zero-order valence-corrected chi connectivity index (χ0v) is 14.3. The number of anilines is 1. The Morgan fingerprint density at radius 1 is 1.52 bits per heavy atom. The Kier molecular flexibility index (Phi) is 5.21. The van der Waals surface area contributed by atoms with Crippen molar-refractivity contribution in [1.82, 2.24) is 15.1 Å². The molecule has 25 heavy (non-hydrogen) atoms. The van der Waals surface area contributed by atoms with Crippen LogP contribution in [0.4, 0.5) is 18.9 Å². The van der Waals surface area contributed by atoms with Gasteiger partial charge in [-0.1, -0.05) is 0 Å². The lowest BCUT2D eigenvalue weighted by Crippen LogP contribution is -2.25. The number of alkyl halides is 3. The highest BCUT2D eigenvalue weighted by Gasteiger charge is 2.34. The molecule has 1 aliphatic heterocycles. The summed E-state index contributed by atoms with van der Waals surface area (Å²) in [5, 5.41) is 19.6. The molecular formula is C15H21F3N6O. The summed E-state index contributed by atoms with van der Waals surface area (Å²) in [5.74, 6) is -0.428. The van der Waals surface area contributed by atoms with Crippen molar-refractivity contribution in [2.75, 3.05) is 11.9 Å². The summed E-state index contributed by atoms with van der Waals surface area (Å²) in [4.78, 5) is 7.57. The minimum Gasteiger partial charge on any atom is -0.388 e. The van der Waals surface area contributed by atoms with Crippen LogP contribution in [-0.2, 0) is 13.0 Å². The first-order valence-electron chi connectivity index (χ1n) is 7.69. The maximum Gasteiger partial charge on any atom is 0.415 e. The number of nitrogens with one attached hydrogen (secondary N) is 2. The van der Waals surface area contributed by atoms with Crippen LogP contribution < -0.4 is 10.6 Å². The predicted octanol–water partition coefficient (Wildman–Crippen LogP) is 2.06. The summed E-state index contributed by atoms with van der Waals surface area (Å²) in [5.41, 5.74) is -0.534. The maximum absolute atomic E-state index is 12.9. The van der Waals surface area contributed by atoms with Crippen LogP contribution in [0.25, 0.3) is 0 Å². The number of aromatic nitrogens is 2. The molecule has 138 valence electrons. The zero-order chi connectivity index (χ0) is 18.8. The summed E-state index contributed by atoms with van der Waals surface area (Å²) in [6, 6.07) is 0. The van der Waals surface area contributed by atoms with Gasteiger partial charge in [0.05, 0.1) is 35.3 Å². The summed E-state index contributed by atoms with van der Waals surface area (Å²) >= 11 is 0. The molecule has 0 aromatic carbocycles. The Hall–Kier alpha value is -2.36. The van der Waals surface area contributed by atoms with Gasteiger partial charge in [-0.2, -0.15) is 23.3 Å². The second-order valence-electron chi connectivity index (χ2n) is 6.06. The van der Waals surface area contributed by atoms with E-state index in [9.17, 15) is 18.3 Å². The van der Waals surface area contributed by atoms with Crippen LogP contribution in [0.1, 0.15) is 26.5 Å². The Bertz CT molecular complexity index is 717. The molecule has 1 unspecified atom stereocenters. The molecule has 1 atom stereocenters. The average molecular weight is 358 g/mol. The number of aliphatic hydroxyl groups is 1. The van der Waals surface area contributed by atoms with Crippen molar-refractivity contribution in [3.63, 3.8) is 0 Å². The van der Waals surface area contributed by atoms with E-state index < -0.39 is 17.4 Å². The Morgan fingerprint density at radius 3 is 2.76 bits per heavy atom. The number of rotatable bonds is 4. The van der Waals surface area contributed by atoms with Crippen molar-refractivity contribution in [1.29, 1.82) is 0 Å². The second kappa shape index (κ2) is 6.87. The monoisotopic (exact) mass is 358 g/mol. The minimum atomic E-state index is -4.51. The lowest BCUT2D eigenvalue weighted by Gasteiger charge is -2.14. The molecule has 1 aromatic heterocycles. The molecule has 3 N–H and O–H groups in total. The van der Waals surface area contributed by atoms with Gasteiger partial charge < -0.3 is 15.7 Å². The molecule has 7 nitrogen and oxygen atoms in total. The molecule has 0 amide bonds. The molecule has 0 fully saturated rings. The third-order valence-electron chi connectivity index (χ3n) is 3.73. The molecule has 0 radical (unpaired) electrons. The molecule has 0 bridgehead atoms. The molecule has 0 spiro atoms. The number of fused-ring (bicyclic) bond motifs is 1. The summed E-state index contributed by atoms with van der Waals surface area (Å²) in [6.07, 6.45) is -2.64. The highest BCUT2D eigenvalue weighted by atomic mass is 19.4. The highest BCUT2D eigenvalue weighted by molar-refractivity contribution is 5.97. The van der Waals surface area contributed by atoms with E-state index >= 15 is 0 Å². The van der Waals surface area contributed by atoms with Gasteiger partial charge in [-0.15, -0.1) is 0 Å². The fraction of sp³-hybridized carbons (Fsp3) is 0.533. The first kappa shape index (κ1) is 19.0. The van der Waals surface area contributed by atoms with Crippen molar-refractivity contribution in [2.24, 2.45) is 9.98 Å². The van der Waals surface area contributed by atoms with E-state index in [1.807, 2.05) is 0 Å². The maximum atomic E-state index is 12.9. The minimum absolute atomic E-state index is 0.0955. The Balaban J connectivity index is 2.31. The highest BCUT2D eigenvalue weighted by Crippen LogP contribution is 2.30. The van der Waals surface area contributed by atoms with Crippen LogP contribution in [0.15, 0.2) is 27.6 Å². The number of guanidine groups is 1. The van der Waals surface area contributed by atoms with Gasteiger partial charge in [0.25, 0.3) is 0 Å². The smallest absolute Gasteiger partial charge is 0.388 e. The van der Waals surface area contributed by atoms with Crippen molar-refractivity contribution >= 4 is 18.4 Å². The molecule has 2 rings (SSSR count). The van der Waals surface area contributed by atoms with E-state index in [1.165, 1.54) is 6.20 Å². The molecule has 2 heterocycles. The number of hydrogen-bond acceptors (Lipinski definition) is 4. The molecule has 1 aromatic rings. The third-order valence-corrected chi connectivity index (χ3v) is 3.73. The Labute approximate surface area is 143 Å². The average Bonchev–Trinajstić information content (AvgIpc) is 3.00. The SMILES string of the molecule is C=NC(=N/C(NCC)=C(\C)C(F)(F)F)Nc1cnn2c1CC(C)(O)C2. The molecule has 0 saturated heterocycles. The van der Waals surface area contributed by atoms with Crippen LogP contribution in [0.2, 0.25) is 0 Å². The largest absolute Gasteiger partial charge is 0.415 e.